The predicted molar refractivity (Wildman–Crippen MR) is 96.6 cm³/mol. The lowest BCUT2D eigenvalue weighted by atomic mass is 10.1. The summed E-state index contributed by atoms with van der Waals surface area (Å²) >= 11 is 5.71. The first kappa shape index (κ1) is 18.8. The van der Waals surface area contributed by atoms with E-state index in [1.54, 1.807) is 6.07 Å². The van der Waals surface area contributed by atoms with Crippen LogP contribution >= 0.6 is 11.6 Å². The third-order valence-electron chi connectivity index (χ3n) is 4.32. The van der Waals surface area contributed by atoms with Gasteiger partial charge < -0.3 is 0 Å². The summed E-state index contributed by atoms with van der Waals surface area (Å²) in [6, 6.07) is 12.9. The van der Waals surface area contributed by atoms with Gasteiger partial charge in [0, 0.05) is 32.7 Å². The van der Waals surface area contributed by atoms with Crippen molar-refractivity contribution in [2.24, 2.45) is 0 Å². The summed E-state index contributed by atoms with van der Waals surface area (Å²) in [4.78, 5) is 2.14. The number of nitriles is 1. The summed E-state index contributed by atoms with van der Waals surface area (Å²) in [5, 5.41) is 8.76. The van der Waals surface area contributed by atoms with Gasteiger partial charge in [0.25, 0.3) is 0 Å². The average molecular weight is 394 g/mol. The summed E-state index contributed by atoms with van der Waals surface area (Å²) in [5.74, 6) is -0.643. The molecular weight excluding hydrogens is 377 g/mol. The molecule has 136 valence electrons. The molecule has 0 aromatic heterocycles. The number of benzene rings is 2. The lowest BCUT2D eigenvalue weighted by molar-refractivity contribution is 0.181. The molecule has 8 heteroatoms. The predicted octanol–water partition coefficient (Wildman–Crippen LogP) is 2.86. The topological polar surface area (TPSA) is 64.4 Å². The molecule has 5 nitrogen and oxygen atoms in total. The first-order valence-electron chi connectivity index (χ1n) is 8.07. The third-order valence-corrected chi connectivity index (χ3v) is 6.51. The van der Waals surface area contributed by atoms with Crippen molar-refractivity contribution in [2.75, 3.05) is 26.2 Å². The Bertz CT molecular complexity index is 951. The second-order valence-electron chi connectivity index (χ2n) is 6.07. The maximum Gasteiger partial charge on any atom is 0.243 e. The Morgan fingerprint density at radius 1 is 1.12 bits per heavy atom. The number of hydrogen-bond acceptors (Lipinski definition) is 4. The molecule has 1 fully saturated rings. The third kappa shape index (κ3) is 4.05. The molecule has 1 saturated heterocycles. The van der Waals surface area contributed by atoms with Crippen LogP contribution in [0.15, 0.2) is 47.4 Å². The maximum atomic E-state index is 13.3. The number of piperazine rings is 1. The highest BCUT2D eigenvalue weighted by atomic mass is 35.5. The number of sulfonamides is 1. The smallest absolute Gasteiger partial charge is 0.243 e. The summed E-state index contributed by atoms with van der Waals surface area (Å²) in [6.45, 7) is 2.49. The van der Waals surface area contributed by atoms with Crippen molar-refractivity contribution < 1.29 is 12.8 Å². The highest BCUT2D eigenvalue weighted by Gasteiger charge is 2.29. The van der Waals surface area contributed by atoms with Gasteiger partial charge >= 0.3 is 0 Å². The first-order valence-corrected chi connectivity index (χ1v) is 9.88. The number of nitrogens with zero attached hydrogens (tertiary/aromatic N) is 3. The van der Waals surface area contributed by atoms with Crippen LogP contribution in [0.4, 0.5) is 4.39 Å². The lowest BCUT2D eigenvalue weighted by Gasteiger charge is -2.34. The molecule has 0 amide bonds. The van der Waals surface area contributed by atoms with E-state index in [1.165, 1.54) is 10.4 Å². The van der Waals surface area contributed by atoms with Crippen LogP contribution in [0, 0.1) is 17.1 Å². The number of rotatable bonds is 4. The molecule has 0 N–H and O–H groups in total. The zero-order valence-electron chi connectivity index (χ0n) is 13.9. The highest BCUT2D eigenvalue weighted by molar-refractivity contribution is 7.89. The van der Waals surface area contributed by atoms with E-state index in [1.807, 2.05) is 18.2 Å². The van der Waals surface area contributed by atoms with Gasteiger partial charge in [-0.15, -0.1) is 0 Å². The van der Waals surface area contributed by atoms with Gasteiger partial charge in [-0.3, -0.25) is 4.90 Å². The van der Waals surface area contributed by atoms with Crippen molar-refractivity contribution >= 4 is 21.6 Å². The minimum Gasteiger partial charge on any atom is -0.296 e. The van der Waals surface area contributed by atoms with E-state index >= 15 is 0 Å². The van der Waals surface area contributed by atoms with Crippen LogP contribution in [-0.2, 0) is 16.6 Å². The molecule has 0 unspecified atom stereocenters. The molecule has 3 rings (SSSR count). The Labute approximate surface area is 157 Å². The molecule has 1 aliphatic rings. The number of halogens is 2. The molecule has 2 aromatic carbocycles. The molecule has 1 heterocycles. The highest BCUT2D eigenvalue weighted by Crippen LogP contribution is 2.23. The van der Waals surface area contributed by atoms with Crippen LogP contribution in [0.3, 0.4) is 0 Å². The Hall–Kier alpha value is -1.98. The van der Waals surface area contributed by atoms with Gasteiger partial charge in [0.05, 0.1) is 21.6 Å². The fraction of sp³-hybridized carbons (Fsp3) is 0.278. The Morgan fingerprint density at radius 2 is 1.85 bits per heavy atom. The monoisotopic (exact) mass is 393 g/mol. The van der Waals surface area contributed by atoms with Crippen molar-refractivity contribution in [3.8, 4) is 6.07 Å². The summed E-state index contributed by atoms with van der Waals surface area (Å²) in [7, 11) is -3.70. The van der Waals surface area contributed by atoms with Gasteiger partial charge in [-0.1, -0.05) is 23.7 Å². The zero-order valence-corrected chi connectivity index (χ0v) is 15.5. The minimum absolute atomic E-state index is 0.000860. The van der Waals surface area contributed by atoms with Crippen LogP contribution in [-0.4, -0.2) is 43.8 Å². The molecule has 0 radical (unpaired) electrons. The zero-order chi connectivity index (χ0) is 18.7. The molecule has 0 aliphatic carbocycles. The molecule has 0 spiro atoms. The average Bonchev–Trinajstić information content (AvgIpc) is 2.64. The van der Waals surface area contributed by atoms with E-state index in [4.69, 9.17) is 16.9 Å². The quantitative estimate of drug-likeness (QED) is 0.801. The molecule has 0 bridgehead atoms. The van der Waals surface area contributed by atoms with Gasteiger partial charge in [-0.05, 0) is 35.9 Å². The van der Waals surface area contributed by atoms with E-state index in [0.717, 1.165) is 17.7 Å². The van der Waals surface area contributed by atoms with Crippen LogP contribution in [0.2, 0.25) is 5.02 Å². The fourth-order valence-electron chi connectivity index (χ4n) is 2.91. The second kappa shape index (κ2) is 7.72. The van der Waals surface area contributed by atoms with Crippen molar-refractivity contribution in [2.45, 2.75) is 11.4 Å². The molecule has 0 saturated carbocycles. The van der Waals surface area contributed by atoms with Crippen molar-refractivity contribution in [1.29, 1.82) is 5.26 Å². The number of hydrogen-bond donors (Lipinski definition) is 0. The Kier molecular flexibility index (Phi) is 5.58. The van der Waals surface area contributed by atoms with E-state index in [9.17, 15) is 12.8 Å². The van der Waals surface area contributed by atoms with Crippen LogP contribution in [0.1, 0.15) is 11.1 Å². The maximum absolute atomic E-state index is 13.3. The standard InChI is InChI=1S/C18H17ClFN3O2S/c19-17-11-16(4-5-18(17)20)26(24,25)23-8-6-22(7-9-23)13-15-3-1-2-14(10-15)12-21/h1-5,10-11H,6-9,13H2. The molecule has 26 heavy (non-hydrogen) atoms. The Morgan fingerprint density at radius 3 is 2.50 bits per heavy atom. The second-order valence-corrected chi connectivity index (χ2v) is 8.41. The van der Waals surface area contributed by atoms with E-state index in [-0.39, 0.29) is 9.92 Å². The van der Waals surface area contributed by atoms with Gasteiger partial charge in [0.2, 0.25) is 10.0 Å². The molecule has 0 atom stereocenters. The largest absolute Gasteiger partial charge is 0.296 e. The van der Waals surface area contributed by atoms with E-state index in [2.05, 4.69) is 11.0 Å². The first-order chi connectivity index (χ1) is 12.4. The molecular formula is C18H17ClFN3O2S. The van der Waals surface area contributed by atoms with Crippen LogP contribution < -0.4 is 0 Å². The Balaban J connectivity index is 1.65. The van der Waals surface area contributed by atoms with Gasteiger partial charge in [0.15, 0.2) is 0 Å². The minimum atomic E-state index is -3.70. The van der Waals surface area contributed by atoms with Crippen molar-refractivity contribution in [3.05, 3.63) is 64.4 Å². The van der Waals surface area contributed by atoms with Gasteiger partial charge in [0.1, 0.15) is 5.82 Å². The SMILES string of the molecule is N#Cc1cccc(CN2CCN(S(=O)(=O)c3ccc(F)c(Cl)c3)CC2)c1. The summed E-state index contributed by atoms with van der Waals surface area (Å²) < 4.78 is 40.0. The summed E-state index contributed by atoms with van der Waals surface area (Å²) in [5.41, 5.74) is 1.63. The molecule has 2 aromatic rings. The van der Waals surface area contributed by atoms with Gasteiger partial charge in [-0.2, -0.15) is 9.57 Å². The lowest BCUT2D eigenvalue weighted by Crippen LogP contribution is -2.48. The van der Waals surface area contributed by atoms with E-state index in [0.29, 0.717) is 38.3 Å². The van der Waals surface area contributed by atoms with Crippen molar-refractivity contribution in [3.63, 3.8) is 0 Å². The van der Waals surface area contributed by atoms with E-state index < -0.39 is 15.8 Å². The molecule has 1 aliphatic heterocycles. The van der Waals surface area contributed by atoms with Crippen molar-refractivity contribution in [1.82, 2.24) is 9.21 Å². The van der Waals surface area contributed by atoms with Crippen LogP contribution in [0.25, 0.3) is 0 Å². The van der Waals surface area contributed by atoms with Gasteiger partial charge in [-0.25, -0.2) is 12.8 Å². The van der Waals surface area contributed by atoms with Crippen LogP contribution in [0.5, 0.6) is 0 Å². The fourth-order valence-corrected chi connectivity index (χ4v) is 4.61. The normalized spacial score (nSPS) is 16.3. The summed E-state index contributed by atoms with van der Waals surface area (Å²) in [6.07, 6.45) is 0.